The van der Waals surface area contributed by atoms with E-state index < -0.39 is 22.9 Å². The molecular weight excluding hydrogens is 440 g/mol. The standard InChI is InChI=1S/C24H24N4O6/c1-15-20(16(2)27(26-15)18-8-6-5-7-9-18)11-13-23(29)34-17(3)24(30)25-21-14-19(28(31)32)10-12-22(21)33-4/h5-14,17H,1-4H3,(H,25,30)/b13-11+. The molecule has 0 radical (unpaired) electrons. The van der Waals surface area contributed by atoms with Crippen molar-refractivity contribution in [2.24, 2.45) is 0 Å². The Balaban J connectivity index is 1.68. The Kier molecular flexibility index (Phi) is 7.42. The number of nitro groups is 1. The number of hydrogen-bond donors (Lipinski definition) is 1. The van der Waals surface area contributed by atoms with Crippen LogP contribution >= 0.6 is 0 Å². The summed E-state index contributed by atoms with van der Waals surface area (Å²) in [5.41, 5.74) is 3.11. The second kappa shape index (κ2) is 10.4. The summed E-state index contributed by atoms with van der Waals surface area (Å²) in [4.78, 5) is 35.2. The molecule has 34 heavy (non-hydrogen) atoms. The molecule has 0 bridgehead atoms. The average molecular weight is 464 g/mol. The number of esters is 1. The molecule has 1 heterocycles. The minimum atomic E-state index is -1.16. The number of nitrogens with zero attached hydrogens (tertiary/aromatic N) is 3. The van der Waals surface area contributed by atoms with Gasteiger partial charge in [-0.1, -0.05) is 18.2 Å². The van der Waals surface area contributed by atoms with Crippen LogP contribution in [0.25, 0.3) is 11.8 Å². The van der Waals surface area contributed by atoms with Crippen molar-refractivity contribution in [1.82, 2.24) is 9.78 Å². The molecular formula is C24H24N4O6. The van der Waals surface area contributed by atoms with Crippen LogP contribution in [0.5, 0.6) is 5.75 Å². The minimum Gasteiger partial charge on any atom is -0.495 e. The molecule has 1 atom stereocenters. The minimum absolute atomic E-state index is 0.0970. The van der Waals surface area contributed by atoms with E-state index >= 15 is 0 Å². The highest BCUT2D eigenvalue weighted by Gasteiger charge is 2.20. The first-order valence-corrected chi connectivity index (χ1v) is 10.3. The number of para-hydroxylation sites is 1. The van der Waals surface area contributed by atoms with Crippen LogP contribution in [0.1, 0.15) is 23.9 Å². The number of anilines is 1. The molecule has 3 rings (SSSR count). The number of benzene rings is 2. The van der Waals surface area contributed by atoms with Crippen molar-refractivity contribution in [1.29, 1.82) is 0 Å². The molecule has 1 aromatic heterocycles. The Bertz CT molecular complexity index is 1250. The number of carbonyl (C=O) groups excluding carboxylic acids is 2. The maximum absolute atomic E-state index is 12.5. The average Bonchev–Trinajstić information content (AvgIpc) is 3.11. The van der Waals surface area contributed by atoms with E-state index in [1.165, 1.54) is 38.3 Å². The Hall–Kier alpha value is -4.47. The van der Waals surface area contributed by atoms with Gasteiger partial charge in [0.15, 0.2) is 6.10 Å². The Labute approximate surface area is 196 Å². The molecule has 0 saturated carbocycles. The van der Waals surface area contributed by atoms with Gasteiger partial charge >= 0.3 is 5.97 Å². The fourth-order valence-electron chi connectivity index (χ4n) is 3.28. The molecule has 1 amide bonds. The molecule has 0 saturated heterocycles. The monoisotopic (exact) mass is 464 g/mol. The lowest BCUT2D eigenvalue weighted by atomic mass is 10.2. The predicted octanol–water partition coefficient (Wildman–Crippen LogP) is 3.99. The van der Waals surface area contributed by atoms with Crippen molar-refractivity contribution in [2.75, 3.05) is 12.4 Å². The molecule has 10 nitrogen and oxygen atoms in total. The molecule has 1 unspecified atom stereocenters. The fourth-order valence-corrected chi connectivity index (χ4v) is 3.28. The number of non-ortho nitro benzene ring substituents is 1. The van der Waals surface area contributed by atoms with Crippen molar-refractivity contribution >= 4 is 29.3 Å². The number of amides is 1. The largest absolute Gasteiger partial charge is 0.495 e. The Morgan fingerprint density at radius 2 is 1.88 bits per heavy atom. The SMILES string of the molecule is COc1ccc([N+](=O)[O-])cc1NC(=O)C(C)OC(=O)/C=C/c1c(C)nn(-c2ccccc2)c1C. The highest BCUT2D eigenvalue weighted by molar-refractivity contribution is 5.98. The van der Waals surface area contributed by atoms with Crippen LogP contribution in [0.4, 0.5) is 11.4 Å². The lowest BCUT2D eigenvalue weighted by Crippen LogP contribution is -2.29. The molecule has 0 spiro atoms. The van der Waals surface area contributed by atoms with Crippen LogP contribution in [-0.4, -0.2) is 39.8 Å². The summed E-state index contributed by atoms with van der Waals surface area (Å²) in [5, 5.41) is 18.0. The van der Waals surface area contributed by atoms with Gasteiger partial charge in [0.25, 0.3) is 11.6 Å². The molecule has 1 N–H and O–H groups in total. The number of hydrogen-bond acceptors (Lipinski definition) is 7. The van der Waals surface area contributed by atoms with E-state index in [-0.39, 0.29) is 17.1 Å². The van der Waals surface area contributed by atoms with Gasteiger partial charge in [0.05, 0.1) is 29.1 Å². The molecule has 0 aliphatic carbocycles. The fraction of sp³-hybridized carbons (Fsp3) is 0.208. The van der Waals surface area contributed by atoms with Gasteiger partial charge in [-0.05, 0) is 45.0 Å². The molecule has 0 aliphatic rings. The van der Waals surface area contributed by atoms with E-state index in [0.717, 1.165) is 22.6 Å². The van der Waals surface area contributed by atoms with Crippen molar-refractivity contribution in [3.05, 3.63) is 81.7 Å². The van der Waals surface area contributed by atoms with Crippen LogP contribution in [0, 0.1) is 24.0 Å². The molecule has 2 aromatic carbocycles. The second-order valence-electron chi connectivity index (χ2n) is 7.38. The summed E-state index contributed by atoms with van der Waals surface area (Å²) in [6, 6.07) is 13.4. The van der Waals surface area contributed by atoms with Gasteiger partial charge in [0.1, 0.15) is 5.75 Å². The summed E-state index contributed by atoms with van der Waals surface area (Å²) in [7, 11) is 1.37. The van der Waals surface area contributed by atoms with Crippen LogP contribution in [0.15, 0.2) is 54.6 Å². The zero-order valence-corrected chi connectivity index (χ0v) is 19.1. The maximum Gasteiger partial charge on any atom is 0.331 e. The van der Waals surface area contributed by atoms with E-state index in [2.05, 4.69) is 10.4 Å². The number of methoxy groups -OCH3 is 1. The van der Waals surface area contributed by atoms with Crippen molar-refractivity contribution in [2.45, 2.75) is 26.9 Å². The van der Waals surface area contributed by atoms with E-state index in [0.29, 0.717) is 0 Å². The van der Waals surface area contributed by atoms with Crippen molar-refractivity contribution < 1.29 is 24.0 Å². The third kappa shape index (κ3) is 5.47. The van der Waals surface area contributed by atoms with Gasteiger partial charge < -0.3 is 14.8 Å². The number of nitro benzene ring substituents is 1. The zero-order valence-electron chi connectivity index (χ0n) is 19.1. The highest BCUT2D eigenvalue weighted by atomic mass is 16.6. The van der Waals surface area contributed by atoms with Crippen LogP contribution in [0.3, 0.4) is 0 Å². The third-order valence-electron chi connectivity index (χ3n) is 5.05. The smallest absolute Gasteiger partial charge is 0.331 e. The van der Waals surface area contributed by atoms with Gasteiger partial charge in [-0.3, -0.25) is 14.9 Å². The third-order valence-corrected chi connectivity index (χ3v) is 5.05. The van der Waals surface area contributed by atoms with E-state index in [9.17, 15) is 19.7 Å². The normalized spacial score (nSPS) is 11.8. The Morgan fingerprint density at radius 3 is 2.53 bits per heavy atom. The lowest BCUT2D eigenvalue weighted by Gasteiger charge is -2.14. The zero-order chi connectivity index (χ0) is 24.8. The number of aromatic nitrogens is 2. The maximum atomic E-state index is 12.5. The number of carbonyl (C=O) groups is 2. The van der Waals surface area contributed by atoms with Gasteiger partial charge in [-0.15, -0.1) is 0 Å². The van der Waals surface area contributed by atoms with Crippen LogP contribution in [-0.2, 0) is 14.3 Å². The predicted molar refractivity (Wildman–Crippen MR) is 126 cm³/mol. The highest BCUT2D eigenvalue weighted by Crippen LogP contribution is 2.29. The van der Waals surface area contributed by atoms with Crippen molar-refractivity contribution in [3.63, 3.8) is 0 Å². The molecule has 0 aliphatic heterocycles. The van der Waals surface area contributed by atoms with E-state index in [4.69, 9.17) is 9.47 Å². The first-order chi connectivity index (χ1) is 16.2. The summed E-state index contributed by atoms with van der Waals surface area (Å²) in [6.45, 7) is 5.12. The van der Waals surface area contributed by atoms with Crippen LogP contribution in [0.2, 0.25) is 0 Å². The molecule has 176 valence electrons. The van der Waals surface area contributed by atoms with Gasteiger partial charge in [-0.2, -0.15) is 5.10 Å². The molecule has 3 aromatic rings. The number of nitrogens with one attached hydrogen (secondary N) is 1. The van der Waals surface area contributed by atoms with Gasteiger partial charge in [0.2, 0.25) is 0 Å². The quantitative estimate of drug-likeness (QED) is 0.231. The second-order valence-corrected chi connectivity index (χ2v) is 7.38. The summed E-state index contributed by atoms with van der Waals surface area (Å²) in [5.74, 6) is -1.15. The lowest BCUT2D eigenvalue weighted by molar-refractivity contribution is -0.384. The number of rotatable bonds is 8. The number of ether oxygens (including phenoxy) is 2. The first kappa shape index (κ1) is 24.2. The molecule has 0 fully saturated rings. The topological polar surface area (TPSA) is 126 Å². The summed E-state index contributed by atoms with van der Waals surface area (Å²) < 4.78 is 12.1. The summed E-state index contributed by atoms with van der Waals surface area (Å²) in [6.07, 6.45) is 1.66. The van der Waals surface area contributed by atoms with Crippen LogP contribution < -0.4 is 10.1 Å². The van der Waals surface area contributed by atoms with Gasteiger partial charge in [-0.25, -0.2) is 9.48 Å². The Morgan fingerprint density at radius 1 is 1.18 bits per heavy atom. The van der Waals surface area contributed by atoms with E-state index in [1.54, 1.807) is 10.8 Å². The summed E-state index contributed by atoms with van der Waals surface area (Å²) >= 11 is 0. The molecule has 10 heteroatoms. The number of aryl methyl sites for hydroxylation is 1. The van der Waals surface area contributed by atoms with Gasteiger partial charge in [0, 0.05) is 29.5 Å². The van der Waals surface area contributed by atoms with E-state index in [1.807, 2.05) is 44.2 Å². The first-order valence-electron chi connectivity index (χ1n) is 10.3. The van der Waals surface area contributed by atoms with Crippen molar-refractivity contribution in [3.8, 4) is 11.4 Å².